The van der Waals surface area contributed by atoms with Gasteiger partial charge in [0.25, 0.3) is 5.24 Å². The molecule has 2 aromatic carbocycles. The van der Waals surface area contributed by atoms with Gasteiger partial charge in [-0.3, -0.25) is 14.2 Å². The highest BCUT2D eigenvalue weighted by Gasteiger charge is 2.09. The molecule has 0 saturated carbocycles. The molecule has 4 rings (SSSR count). The molecule has 4 aromatic rings. The minimum atomic E-state index is -3.22. The number of hydrogen-bond acceptors (Lipinski definition) is 5. The van der Waals surface area contributed by atoms with Gasteiger partial charge in [0.2, 0.25) is 0 Å². The SMILES string of the molecule is O=C(Cl)c1cc(Cl)cc(-c2ccccc2)n1.O=C(O)c1cc(=O)cc(-c2ccccc2)[nH]1.O=P(Cl)(Cl)Cl. The first-order chi connectivity index (χ1) is 17.3. The van der Waals surface area contributed by atoms with Crippen molar-refractivity contribution in [2.75, 3.05) is 0 Å². The zero-order chi connectivity index (χ0) is 27.6. The van der Waals surface area contributed by atoms with E-state index in [2.05, 4.69) is 43.7 Å². The van der Waals surface area contributed by atoms with Gasteiger partial charge in [0.05, 0.1) is 5.69 Å². The van der Waals surface area contributed by atoms with Crippen molar-refractivity contribution in [1.82, 2.24) is 9.97 Å². The summed E-state index contributed by atoms with van der Waals surface area (Å²) in [5.74, 6) is -1.14. The van der Waals surface area contributed by atoms with Gasteiger partial charge in [0, 0.05) is 28.4 Å². The quantitative estimate of drug-likeness (QED) is 0.175. The number of rotatable bonds is 4. The molecule has 0 amide bonds. The second kappa shape index (κ2) is 14.3. The largest absolute Gasteiger partial charge is 0.477 e. The number of aromatic nitrogens is 2. The van der Waals surface area contributed by atoms with Gasteiger partial charge in [-0.25, -0.2) is 9.78 Å². The van der Waals surface area contributed by atoms with Crippen LogP contribution in [0.15, 0.2) is 89.7 Å². The molecular formula is C24H16Cl5N2O5P. The van der Waals surface area contributed by atoms with Gasteiger partial charge >= 0.3 is 11.2 Å². The van der Waals surface area contributed by atoms with Gasteiger partial charge in [0.1, 0.15) is 11.4 Å². The number of pyridine rings is 2. The highest BCUT2D eigenvalue weighted by atomic mass is 36.0. The van der Waals surface area contributed by atoms with E-state index in [0.29, 0.717) is 16.4 Å². The Labute approximate surface area is 235 Å². The predicted molar refractivity (Wildman–Crippen MR) is 149 cm³/mol. The number of carboxylic acid groups (broad SMARTS) is 1. The number of aromatic amines is 1. The third kappa shape index (κ3) is 11.5. The molecule has 0 atom stereocenters. The van der Waals surface area contributed by atoms with Crippen LogP contribution in [-0.4, -0.2) is 26.3 Å². The van der Waals surface area contributed by atoms with E-state index in [9.17, 15) is 18.9 Å². The first-order valence-corrected chi connectivity index (χ1v) is 15.2. The zero-order valence-corrected chi connectivity index (χ0v) is 23.1. The Bertz CT molecular complexity index is 1470. The standard InChI is InChI=1S/C12H7Cl2NO.C12H9NO3.Cl3OP/c13-9-6-10(8-4-2-1-3-5-8)15-11(7-9)12(14)16;14-9-6-10(8-4-2-1-3-5-8)13-11(7-9)12(15)16;1-5(2,3)4/h1-7H;1-7H,(H,13,14)(H,15,16);. The van der Waals surface area contributed by atoms with Crippen LogP contribution in [0.5, 0.6) is 0 Å². The van der Waals surface area contributed by atoms with Crippen molar-refractivity contribution in [1.29, 1.82) is 0 Å². The Morgan fingerprint density at radius 1 is 0.838 bits per heavy atom. The Morgan fingerprint density at radius 2 is 1.35 bits per heavy atom. The number of carboxylic acids is 1. The number of nitrogens with zero attached hydrogens (tertiary/aromatic N) is 1. The molecule has 0 fully saturated rings. The summed E-state index contributed by atoms with van der Waals surface area (Å²) >= 11 is 25.1. The van der Waals surface area contributed by atoms with E-state index in [1.165, 1.54) is 12.1 Å². The Balaban J connectivity index is 0.000000221. The molecule has 0 aliphatic carbocycles. The van der Waals surface area contributed by atoms with Crippen molar-refractivity contribution in [2.24, 2.45) is 0 Å². The molecule has 2 heterocycles. The summed E-state index contributed by atoms with van der Waals surface area (Å²) in [6.45, 7) is 0. The van der Waals surface area contributed by atoms with E-state index in [-0.39, 0.29) is 16.8 Å². The number of carbonyl (C=O) groups is 2. The number of nitrogens with one attached hydrogen (secondary N) is 1. The van der Waals surface area contributed by atoms with Crippen LogP contribution in [0.3, 0.4) is 0 Å². The molecule has 2 aromatic heterocycles. The van der Waals surface area contributed by atoms with Gasteiger partial charge in [-0.15, -0.1) is 0 Å². The number of H-pyrrole nitrogens is 1. The molecule has 0 aliphatic heterocycles. The van der Waals surface area contributed by atoms with Crippen molar-refractivity contribution in [2.45, 2.75) is 0 Å². The smallest absolute Gasteiger partial charge is 0.352 e. The predicted octanol–water partition coefficient (Wildman–Crippen LogP) is 8.33. The minimum Gasteiger partial charge on any atom is -0.477 e. The van der Waals surface area contributed by atoms with E-state index in [0.717, 1.165) is 17.2 Å². The Hall–Kier alpha value is -2.64. The van der Waals surface area contributed by atoms with Crippen LogP contribution >= 0.6 is 62.1 Å². The average molecular weight is 621 g/mol. The fraction of sp³-hybridized carbons (Fsp3) is 0. The molecule has 192 valence electrons. The third-order valence-electron chi connectivity index (χ3n) is 4.22. The van der Waals surface area contributed by atoms with E-state index < -0.39 is 16.4 Å². The van der Waals surface area contributed by atoms with Crippen LogP contribution < -0.4 is 5.43 Å². The van der Waals surface area contributed by atoms with Crippen molar-refractivity contribution < 1.29 is 19.3 Å². The van der Waals surface area contributed by atoms with E-state index in [1.54, 1.807) is 18.2 Å². The number of benzene rings is 2. The van der Waals surface area contributed by atoms with Crippen LogP contribution in [0, 0.1) is 0 Å². The van der Waals surface area contributed by atoms with E-state index in [4.69, 9.17) is 28.3 Å². The van der Waals surface area contributed by atoms with Gasteiger partial charge in [-0.05, 0) is 63.0 Å². The summed E-state index contributed by atoms with van der Waals surface area (Å²) in [4.78, 5) is 39.9. The summed E-state index contributed by atoms with van der Waals surface area (Å²) < 4.78 is 9.51. The summed E-state index contributed by atoms with van der Waals surface area (Å²) in [7, 11) is 0. The maximum Gasteiger partial charge on any atom is 0.352 e. The Kier molecular flexibility index (Phi) is 11.9. The lowest BCUT2D eigenvalue weighted by Gasteiger charge is -2.03. The van der Waals surface area contributed by atoms with Gasteiger partial charge in [-0.1, -0.05) is 72.3 Å². The van der Waals surface area contributed by atoms with Gasteiger partial charge in [-0.2, -0.15) is 0 Å². The maximum absolute atomic E-state index is 11.3. The topological polar surface area (TPSA) is 117 Å². The molecule has 0 unspecified atom stereocenters. The molecule has 7 nitrogen and oxygen atoms in total. The molecule has 0 saturated heterocycles. The summed E-state index contributed by atoms with van der Waals surface area (Å²) in [5.41, 5.74) is 2.55. The molecule has 0 spiro atoms. The molecule has 37 heavy (non-hydrogen) atoms. The second-order valence-electron chi connectivity index (χ2n) is 6.91. The van der Waals surface area contributed by atoms with Crippen LogP contribution in [0.4, 0.5) is 0 Å². The minimum absolute atomic E-state index is 0.105. The fourth-order valence-electron chi connectivity index (χ4n) is 2.79. The highest BCUT2D eigenvalue weighted by Crippen LogP contribution is 2.61. The summed E-state index contributed by atoms with van der Waals surface area (Å²) in [6.07, 6.45) is 0. The molecule has 0 aliphatic rings. The van der Waals surface area contributed by atoms with Gasteiger partial charge < -0.3 is 10.1 Å². The Morgan fingerprint density at radius 3 is 1.84 bits per heavy atom. The second-order valence-corrected chi connectivity index (χ2v) is 14.3. The van der Waals surface area contributed by atoms with Crippen molar-refractivity contribution >= 4 is 73.3 Å². The lowest BCUT2D eigenvalue weighted by Crippen LogP contribution is -2.08. The zero-order valence-electron chi connectivity index (χ0n) is 18.4. The normalized spacial score (nSPS) is 10.3. The number of aromatic carboxylic acids is 1. The molecule has 0 radical (unpaired) electrons. The number of carbonyl (C=O) groups excluding carboxylic acids is 1. The molecule has 2 N–H and O–H groups in total. The number of halogens is 5. The lowest BCUT2D eigenvalue weighted by molar-refractivity contribution is 0.0690. The van der Waals surface area contributed by atoms with Crippen molar-refractivity contribution in [3.8, 4) is 22.5 Å². The van der Waals surface area contributed by atoms with Crippen LogP contribution in [0.25, 0.3) is 22.5 Å². The number of hydrogen-bond donors (Lipinski definition) is 2. The first kappa shape index (κ1) is 30.6. The van der Waals surface area contributed by atoms with Crippen LogP contribution in [0.1, 0.15) is 21.0 Å². The summed E-state index contributed by atoms with van der Waals surface area (Å²) in [6, 6.07) is 24.1. The molecular weight excluding hydrogens is 605 g/mol. The van der Waals surface area contributed by atoms with Crippen molar-refractivity contribution in [3.63, 3.8) is 0 Å². The lowest BCUT2D eigenvalue weighted by atomic mass is 10.1. The van der Waals surface area contributed by atoms with Crippen LogP contribution in [0.2, 0.25) is 5.02 Å². The van der Waals surface area contributed by atoms with Crippen molar-refractivity contribution in [3.05, 3.63) is 112 Å². The van der Waals surface area contributed by atoms with E-state index in [1.807, 2.05) is 48.5 Å². The monoisotopic (exact) mass is 618 g/mol. The molecule has 0 bridgehead atoms. The molecule has 13 heteroatoms. The van der Waals surface area contributed by atoms with Crippen LogP contribution in [-0.2, 0) is 4.57 Å². The highest BCUT2D eigenvalue weighted by molar-refractivity contribution is 8.24. The first-order valence-electron chi connectivity index (χ1n) is 9.98. The average Bonchev–Trinajstić information content (AvgIpc) is 2.84. The van der Waals surface area contributed by atoms with Gasteiger partial charge in [0.15, 0.2) is 5.43 Å². The fourth-order valence-corrected chi connectivity index (χ4v) is 3.09. The van der Waals surface area contributed by atoms with E-state index >= 15 is 0 Å². The third-order valence-corrected chi connectivity index (χ3v) is 4.63. The maximum atomic E-state index is 11.3. The summed E-state index contributed by atoms with van der Waals surface area (Å²) in [5, 5.41) is 5.42.